The number of anilines is 1. The van der Waals surface area contributed by atoms with Gasteiger partial charge in [0.1, 0.15) is 0 Å². The number of thioether (sulfide) groups is 1. The summed E-state index contributed by atoms with van der Waals surface area (Å²) in [5.41, 5.74) is 1.12. The van der Waals surface area contributed by atoms with Gasteiger partial charge in [0, 0.05) is 6.54 Å². The lowest BCUT2D eigenvalue weighted by atomic mass is 10.00. The quantitative estimate of drug-likeness (QED) is 0.449. The SMILES string of the molecule is C=CCNc1nnc(SCC(=O)NC(C)c2cccc3ccccc23)s1. The first-order valence-corrected chi connectivity index (χ1v) is 10.1. The molecule has 7 heteroatoms. The zero-order valence-corrected chi connectivity index (χ0v) is 16.1. The fourth-order valence-corrected chi connectivity index (χ4v) is 4.19. The van der Waals surface area contributed by atoms with Crippen molar-refractivity contribution in [2.45, 2.75) is 17.3 Å². The van der Waals surface area contributed by atoms with E-state index in [1.807, 2.05) is 25.1 Å². The maximum atomic E-state index is 12.3. The molecule has 2 aromatic carbocycles. The van der Waals surface area contributed by atoms with Gasteiger partial charge in [0.05, 0.1) is 11.8 Å². The molecule has 1 aromatic heterocycles. The molecule has 0 fully saturated rings. The molecule has 0 saturated heterocycles. The molecule has 0 radical (unpaired) electrons. The Morgan fingerprint density at radius 3 is 2.92 bits per heavy atom. The first kappa shape index (κ1) is 18.4. The summed E-state index contributed by atoms with van der Waals surface area (Å²) >= 11 is 2.82. The van der Waals surface area contributed by atoms with Crippen molar-refractivity contribution in [1.82, 2.24) is 15.5 Å². The van der Waals surface area contributed by atoms with Gasteiger partial charge in [0.15, 0.2) is 4.34 Å². The van der Waals surface area contributed by atoms with Gasteiger partial charge in [0.2, 0.25) is 11.0 Å². The Kier molecular flexibility index (Phi) is 6.25. The third-order valence-electron chi connectivity index (χ3n) is 3.80. The van der Waals surface area contributed by atoms with Gasteiger partial charge < -0.3 is 10.6 Å². The third kappa shape index (κ3) is 4.62. The van der Waals surface area contributed by atoms with Gasteiger partial charge in [-0.3, -0.25) is 4.79 Å². The normalized spacial score (nSPS) is 11.9. The molecule has 26 heavy (non-hydrogen) atoms. The smallest absolute Gasteiger partial charge is 0.230 e. The number of hydrogen-bond donors (Lipinski definition) is 2. The molecule has 0 aliphatic carbocycles. The first-order chi connectivity index (χ1) is 12.7. The lowest BCUT2D eigenvalue weighted by molar-refractivity contribution is -0.119. The van der Waals surface area contributed by atoms with E-state index in [2.05, 4.69) is 51.7 Å². The van der Waals surface area contributed by atoms with Crippen LogP contribution in [0.3, 0.4) is 0 Å². The van der Waals surface area contributed by atoms with Gasteiger partial charge in [-0.2, -0.15) is 0 Å². The average molecular weight is 385 g/mol. The van der Waals surface area contributed by atoms with E-state index in [4.69, 9.17) is 0 Å². The number of nitrogens with zero attached hydrogens (tertiary/aromatic N) is 2. The summed E-state index contributed by atoms with van der Waals surface area (Å²) in [6.07, 6.45) is 1.76. The Morgan fingerprint density at radius 2 is 2.08 bits per heavy atom. The summed E-state index contributed by atoms with van der Waals surface area (Å²) in [5, 5.41) is 17.3. The first-order valence-electron chi connectivity index (χ1n) is 8.25. The minimum atomic E-state index is -0.0616. The van der Waals surface area contributed by atoms with Crippen molar-refractivity contribution in [3.8, 4) is 0 Å². The number of carbonyl (C=O) groups is 1. The molecule has 0 aliphatic rings. The Labute approximate surface area is 160 Å². The predicted molar refractivity (Wildman–Crippen MR) is 110 cm³/mol. The Bertz CT molecular complexity index is 904. The van der Waals surface area contributed by atoms with Crippen LogP contribution in [0.15, 0.2) is 59.5 Å². The zero-order chi connectivity index (χ0) is 18.4. The van der Waals surface area contributed by atoms with E-state index >= 15 is 0 Å². The summed E-state index contributed by atoms with van der Waals surface area (Å²) < 4.78 is 0.768. The minimum Gasteiger partial charge on any atom is -0.357 e. The molecule has 1 heterocycles. The zero-order valence-electron chi connectivity index (χ0n) is 14.4. The second-order valence-corrected chi connectivity index (χ2v) is 7.89. The van der Waals surface area contributed by atoms with E-state index in [0.29, 0.717) is 12.3 Å². The maximum absolute atomic E-state index is 12.3. The Hall–Kier alpha value is -2.38. The van der Waals surface area contributed by atoms with Gasteiger partial charge in [-0.15, -0.1) is 16.8 Å². The van der Waals surface area contributed by atoms with Crippen LogP contribution in [0.5, 0.6) is 0 Å². The summed E-state index contributed by atoms with van der Waals surface area (Å²) in [6, 6.07) is 14.3. The molecular weight excluding hydrogens is 364 g/mol. The summed E-state index contributed by atoms with van der Waals surface area (Å²) in [6.45, 7) is 6.30. The molecule has 1 amide bonds. The average Bonchev–Trinajstić information content (AvgIpc) is 3.12. The van der Waals surface area contributed by atoms with Crippen LogP contribution >= 0.6 is 23.1 Å². The number of fused-ring (bicyclic) bond motifs is 1. The van der Waals surface area contributed by atoms with Crippen LogP contribution in [0.1, 0.15) is 18.5 Å². The highest BCUT2D eigenvalue weighted by Crippen LogP contribution is 2.26. The number of rotatable bonds is 8. The highest BCUT2D eigenvalue weighted by Gasteiger charge is 2.13. The van der Waals surface area contributed by atoms with Crippen molar-refractivity contribution in [2.75, 3.05) is 17.6 Å². The summed E-state index contributed by atoms with van der Waals surface area (Å²) in [7, 11) is 0. The molecule has 0 spiro atoms. The van der Waals surface area contributed by atoms with E-state index in [9.17, 15) is 4.79 Å². The molecule has 3 aromatic rings. The molecule has 134 valence electrons. The highest BCUT2D eigenvalue weighted by atomic mass is 32.2. The Morgan fingerprint density at radius 1 is 1.27 bits per heavy atom. The van der Waals surface area contributed by atoms with Crippen LogP contribution in [0, 0.1) is 0 Å². The topological polar surface area (TPSA) is 66.9 Å². The number of aromatic nitrogens is 2. The molecule has 1 atom stereocenters. The van der Waals surface area contributed by atoms with E-state index in [-0.39, 0.29) is 11.9 Å². The van der Waals surface area contributed by atoms with Gasteiger partial charge in [-0.05, 0) is 23.3 Å². The number of amides is 1. The van der Waals surface area contributed by atoms with Crippen molar-refractivity contribution in [1.29, 1.82) is 0 Å². The molecule has 2 N–H and O–H groups in total. The minimum absolute atomic E-state index is 0.0220. The number of hydrogen-bond acceptors (Lipinski definition) is 6. The summed E-state index contributed by atoms with van der Waals surface area (Å²) in [4.78, 5) is 12.3. The van der Waals surface area contributed by atoms with Crippen LogP contribution in [0.25, 0.3) is 10.8 Å². The van der Waals surface area contributed by atoms with Crippen LogP contribution in [-0.2, 0) is 4.79 Å². The number of benzene rings is 2. The second-order valence-electron chi connectivity index (χ2n) is 5.69. The standard InChI is InChI=1S/C19H20N4OS2/c1-3-11-20-18-22-23-19(26-18)25-12-17(24)21-13(2)15-10-6-8-14-7-4-5-9-16(14)15/h3-10,13H,1,11-12H2,2H3,(H,20,22)(H,21,24). The molecule has 1 unspecified atom stereocenters. The fourth-order valence-electron chi connectivity index (χ4n) is 2.62. The van der Waals surface area contributed by atoms with Gasteiger partial charge in [0.25, 0.3) is 0 Å². The molecule has 0 aliphatic heterocycles. The highest BCUT2D eigenvalue weighted by molar-refractivity contribution is 8.01. The van der Waals surface area contributed by atoms with E-state index in [1.165, 1.54) is 28.5 Å². The van der Waals surface area contributed by atoms with E-state index < -0.39 is 0 Å². The molecule has 5 nitrogen and oxygen atoms in total. The van der Waals surface area contributed by atoms with Crippen LogP contribution in [0.2, 0.25) is 0 Å². The lowest BCUT2D eigenvalue weighted by Crippen LogP contribution is -2.28. The third-order valence-corrected chi connectivity index (χ3v) is 5.81. The van der Waals surface area contributed by atoms with E-state index in [0.717, 1.165) is 20.4 Å². The van der Waals surface area contributed by atoms with Crippen molar-refractivity contribution < 1.29 is 4.79 Å². The van der Waals surface area contributed by atoms with Gasteiger partial charge in [-0.25, -0.2) is 0 Å². The van der Waals surface area contributed by atoms with Crippen molar-refractivity contribution in [2.24, 2.45) is 0 Å². The lowest BCUT2D eigenvalue weighted by Gasteiger charge is -2.16. The van der Waals surface area contributed by atoms with Crippen molar-refractivity contribution >= 4 is 44.9 Å². The summed E-state index contributed by atoms with van der Waals surface area (Å²) in [5.74, 6) is 0.289. The number of nitrogens with one attached hydrogen (secondary N) is 2. The molecule has 0 saturated carbocycles. The molecule has 0 bridgehead atoms. The molecular formula is C19H20N4OS2. The van der Waals surface area contributed by atoms with Crippen molar-refractivity contribution in [3.63, 3.8) is 0 Å². The van der Waals surface area contributed by atoms with Gasteiger partial charge in [-0.1, -0.05) is 71.6 Å². The van der Waals surface area contributed by atoms with Gasteiger partial charge >= 0.3 is 0 Å². The van der Waals surface area contributed by atoms with E-state index in [1.54, 1.807) is 6.08 Å². The van der Waals surface area contributed by atoms with Crippen LogP contribution < -0.4 is 10.6 Å². The fraction of sp³-hybridized carbons (Fsp3) is 0.211. The number of carbonyl (C=O) groups excluding carboxylic acids is 1. The second kappa shape index (κ2) is 8.82. The van der Waals surface area contributed by atoms with Crippen LogP contribution in [0.4, 0.5) is 5.13 Å². The molecule has 3 rings (SSSR count). The van der Waals surface area contributed by atoms with Crippen LogP contribution in [-0.4, -0.2) is 28.4 Å². The monoisotopic (exact) mass is 384 g/mol. The largest absolute Gasteiger partial charge is 0.357 e. The van der Waals surface area contributed by atoms with Crippen molar-refractivity contribution in [3.05, 3.63) is 60.7 Å². The Balaban J connectivity index is 1.57. The maximum Gasteiger partial charge on any atom is 0.230 e. The predicted octanol–water partition coefficient (Wildman–Crippen LogP) is 4.26.